The van der Waals surface area contributed by atoms with E-state index >= 15 is 0 Å². The van der Waals surface area contributed by atoms with E-state index in [1.165, 1.54) is 16.7 Å². The number of amides is 1. The van der Waals surface area contributed by atoms with Gasteiger partial charge in [-0.3, -0.25) is 9.69 Å². The molecule has 2 heterocycles. The van der Waals surface area contributed by atoms with Crippen LogP contribution in [0.1, 0.15) is 5.76 Å². The van der Waals surface area contributed by atoms with Crippen molar-refractivity contribution in [3.63, 3.8) is 0 Å². The van der Waals surface area contributed by atoms with Crippen molar-refractivity contribution in [1.82, 2.24) is 0 Å². The van der Waals surface area contributed by atoms with Gasteiger partial charge < -0.3 is 4.42 Å². The highest BCUT2D eigenvalue weighted by atomic mass is 35.5. The zero-order valence-corrected chi connectivity index (χ0v) is 16.8. The maximum absolute atomic E-state index is 12.8. The molecular formula is C20H11Cl2NO2S2. The second-order valence-electron chi connectivity index (χ2n) is 5.68. The van der Waals surface area contributed by atoms with Crippen LogP contribution in [0.25, 0.3) is 17.4 Å². The van der Waals surface area contributed by atoms with Gasteiger partial charge in [-0.25, -0.2) is 0 Å². The average Bonchev–Trinajstić information content (AvgIpc) is 3.21. The summed E-state index contributed by atoms with van der Waals surface area (Å²) in [5.74, 6) is 0.977. The Bertz CT molecular complexity index is 1080. The smallest absolute Gasteiger partial charge is 0.270 e. The van der Waals surface area contributed by atoms with Gasteiger partial charge in [-0.15, -0.1) is 0 Å². The van der Waals surface area contributed by atoms with E-state index in [0.29, 0.717) is 30.8 Å². The minimum atomic E-state index is -0.168. The monoisotopic (exact) mass is 431 g/mol. The topological polar surface area (TPSA) is 33.5 Å². The molecule has 7 heteroatoms. The van der Waals surface area contributed by atoms with Gasteiger partial charge in [0.2, 0.25) is 0 Å². The number of nitrogens with zero attached hydrogens (tertiary/aromatic N) is 1. The van der Waals surface area contributed by atoms with Crippen LogP contribution in [0.5, 0.6) is 0 Å². The molecule has 3 nitrogen and oxygen atoms in total. The van der Waals surface area contributed by atoms with Gasteiger partial charge in [-0.2, -0.15) is 0 Å². The maximum Gasteiger partial charge on any atom is 0.270 e. The second-order valence-corrected chi connectivity index (χ2v) is 8.20. The molecule has 0 spiro atoms. The van der Waals surface area contributed by atoms with E-state index < -0.39 is 0 Å². The summed E-state index contributed by atoms with van der Waals surface area (Å²) in [5.41, 5.74) is 1.48. The lowest BCUT2D eigenvalue weighted by Gasteiger charge is -2.13. The highest BCUT2D eigenvalue weighted by Gasteiger charge is 2.33. The maximum atomic E-state index is 12.8. The van der Waals surface area contributed by atoms with Crippen molar-refractivity contribution in [3.05, 3.63) is 81.4 Å². The molecule has 1 saturated heterocycles. The molecule has 1 aromatic heterocycles. The van der Waals surface area contributed by atoms with E-state index in [9.17, 15) is 4.79 Å². The number of hydrogen-bond donors (Lipinski definition) is 0. The van der Waals surface area contributed by atoms with E-state index in [-0.39, 0.29) is 5.91 Å². The number of furan rings is 1. The van der Waals surface area contributed by atoms with Crippen LogP contribution in [-0.2, 0) is 4.79 Å². The fraction of sp³-hybridized carbons (Fsp3) is 0. The van der Waals surface area contributed by atoms with Crippen molar-refractivity contribution < 1.29 is 9.21 Å². The van der Waals surface area contributed by atoms with Crippen LogP contribution in [0, 0.1) is 0 Å². The number of carbonyl (C=O) groups excluding carboxylic acids is 1. The van der Waals surface area contributed by atoms with Crippen LogP contribution in [0.4, 0.5) is 5.69 Å². The quantitative estimate of drug-likeness (QED) is 0.342. The first-order valence-electron chi connectivity index (χ1n) is 7.91. The normalized spacial score (nSPS) is 15.8. The molecule has 3 aromatic rings. The predicted octanol–water partition coefficient (Wildman–Crippen LogP) is 6.66. The van der Waals surface area contributed by atoms with Crippen LogP contribution in [0.15, 0.2) is 70.0 Å². The van der Waals surface area contributed by atoms with Crippen LogP contribution >= 0.6 is 47.2 Å². The Morgan fingerprint density at radius 3 is 2.56 bits per heavy atom. The summed E-state index contributed by atoms with van der Waals surface area (Å²) < 4.78 is 6.34. The lowest BCUT2D eigenvalue weighted by Crippen LogP contribution is -2.27. The van der Waals surface area contributed by atoms with Gasteiger partial charge in [-0.1, -0.05) is 65.4 Å². The molecule has 27 heavy (non-hydrogen) atoms. The van der Waals surface area contributed by atoms with E-state index in [2.05, 4.69) is 0 Å². The first kappa shape index (κ1) is 18.3. The molecule has 0 aliphatic carbocycles. The molecule has 1 aliphatic rings. The number of benzene rings is 2. The molecule has 0 saturated carbocycles. The predicted molar refractivity (Wildman–Crippen MR) is 116 cm³/mol. The molecule has 0 unspecified atom stereocenters. The molecule has 4 rings (SSSR count). The van der Waals surface area contributed by atoms with Gasteiger partial charge in [0, 0.05) is 16.7 Å². The lowest BCUT2D eigenvalue weighted by molar-refractivity contribution is -0.113. The number of halogens is 2. The van der Waals surface area contributed by atoms with Gasteiger partial charge in [-0.05, 0) is 42.5 Å². The molecule has 1 aliphatic heterocycles. The number of anilines is 1. The first-order chi connectivity index (χ1) is 13.0. The van der Waals surface area contributed by atoms with Crippen molar-refractivity contribution in [2.45, 2.75) is 0 Å². The molecule has 1 fully saturated rings. The van der Waals surface area contributed by atoms with Crippen LogP contribution in [-0.4, -0.2) is 10.2 Å². The highest BCUT2D eigenvalue weighted by Crippen LogP contribution is 2.37. The van der Waals surface area contributed by atoms with Crippen LogP contribution in [0.2, 0.25) is 10.0 Å². The zero-order valence-electron chi connectivity index (χ0n) is 13.7. The molecule has 0 atom stereocenters. The number of carbonyl (C=O) groups is 1. The number of rotatable bonds is 3. The Morgan fingerprint density at radius 1 is 1.04 bits per heavy atom. The Kier molecular flexibility index (Phi) is 5.10. The Hall–Kier alpha value is -2.05. The van der Waals surface area contributed by atoms with Crippen molar-refractivity contribution in [2.24, 2.45) is 0 Å². The lowest BCUT2D eigenvalue weighted by atomic mass is 10.2. The minimum Gasteiger partial charge on any atom is -0.457 e. The van der Waals surface area contributed by atoms with Gasteiger partial charge in [0.05, 0.1) is 15.6 Å². The van der Waals surface area contributed by atoms with Crippen molar-refractivity contribution in [3.8, 4) is 11.3 Å². The molecule has 0 bridgehead atoms. The molecule has 0 radical (unpaired) electrons. The Balaban J connectivity index is 1.62. The summed E-state index contributed by atoms with van der Waals surface area (Å²) in [4.78, 5) is 14.8. The first-order valence-corrected chi connectivity index (χ1v) is 9.89. The summed E-state index contributed by atoms with van der Waals surface area (Å²) in [7, 11) is 0. The number of para-hydroxylation sites is 1. The molecule has 134 valence electrons. The number of thiocarbonyl (C=S) groups is 1. The molecule has 2 aromatic carbocycles. The highest BCUT2D eigenvalue weighted by molar-refractivity contribution is 8.27. The zero-order chi connectivity index (χ0) is 19.0. The SMILES string of the molecule is O=C1C(=Cc2ccc(-c3ccc(Cl)cc3Cl)o2)SC(=S)N1c1ccccc1. The van der Waals surface area contributed by atoms with E-state index in [4.69, 9.17) is 39.8 Å². The van der Waals surface area contributed by atoms with E-state index in [0.717, 1.165) is 11.3 Å². The summed E-state index contributed by atoms with van der Waals surface area (Å²) in [5, 5.41) is 1.05. The van der Waals surface area contributed by atoms with Crippen molar-refractivity contribution in [1.29, 1.82) is 0 Å². The Morgan fingerprint density at radius 2 is 1.81 bits per heavy atom. The molecular weight excluding hydrogens is 421 g/mol. The third kappa shape index (κ3) is 3.69. The number of thioether (sulfide) groups is 1. The summed E-state index contributed by atoms with van der Waals surface area (Å²) in [6, 6.07) is 18.1. The third-order valence-corrected chi connectivity index (χ3v) is 5.75. The van der Waals surface area contributed by atoms with Crippen LogP contribution < -0.4 is 4.90 Å². The molecule has 0 N–H and O–H groups in total. The fourth-order valence-corrected chi connectivity index (χ4v) is 4.44. The van der Waals surface area contributed by atoms with Crippen molar-refractivity contribution >= 4 is 69.2 Å². The van der Waals surface area contributed by atoms with E-state index in [1.807, 2.05) is 30.3 Å². The fourth-order valence-electron chi connectivity index (χ4n) is 2.66. The van der Waals surface area contributed by atoms with Gasteiger partial charge in [0.1, 0.15) is 11.5 Å². The number of hydrogen-bond acceptors (Lipinski definition) is 4. The average molecular weight is 432 g/mol. The summed E-state index contributed by atoms with van der Waals surface area (Å²) in [6.45, 7) is 0. The third-order valence-electron chi connectivity index (χ3n) is 3.90. The Labute approximate surface area is 175 Å². The summed E-state index contributed by atoms with van der Waals surface area (Å²) in [6.07, 6.45) is 1.69. The van der Waals surface area contributed by atoms with E-state index in [1.54, 1.807) is 36.4 Å². The van der Waals surface area contributed by atoms with Gasteiger partial charge >= 0.3 is 0 Å². The summed E-state index contributed by atoms with van der Waals surface area (Å²) >= 11 is 18.8. The van der Waals surface area contributed by atoms with Crippen LogP contribution in [0.3, 0.4) is 0 Å². The van der Waals surface area contributed by atoms with Gasteiger partial charge in [0.25, 0.3) is 5.91 Å². The standard InChI is InChI=1S/C20H11Cl2NO2S2/c21-12-6-8-15(16(22)10-12)17-9-7-14(25-17)11-18-19(24)23(20(26)27-18)13-4-2-1-3-5-13/h1-11H. The van der Waals surface area contributed by atoms with Gasteiger partial charge in [0.15, 0.2) is 4.32 Å². The largest absolute Gasteiger partial charge is 0.457 e. The molecule has 1 amide bonds. The second kappa shape index (κ2) is 7.52. The minimum absolute atomic E-state index is 0.168. The van der Waals surface area contributed by atoms with Crippen molar-refractivity contribution in [2.75, 3.05) is 4.90 Å².